The van der Waals surface area contributed by atoms with E-state index >= 15 is 0 Å². The average molecular weight is 315 g/mol. The van der Waals surface area contributed by atoms with Crippen LogP contribution in [0.25, 0.3) is 0 Å². The number of nitrogens with one attached hydrogen (secondary N) is 1. The Morgan fingerprint density at radius 2 is 2.14 bits per heavy atom. The number of hydrogen-bond acceptors (Lipinski definition) is 5. The summed E-state index contributed by atoms with van der Waals surface area (Å²) >= 11 is 0. The highest BCUT2D eigenvalue weighted by molar-refractivity contribution is 5.85. The summed E-state index contributed by atoms with van der Waals surface area (Å²) in [5.74, 6) is -1.29. The lowest BCUT2D eigenvalue weighted by Crippen LogP contribution is -2.43. The Morgan fingerprint density at radius 1 is 1.50 bits per heavy atom. The minimum Gasteiger partial charge on any atom is -0.480 e. The monoisotopic (exact) mass is 315 g/mol. The van der Waals surface area contributed by atoms with Crippen LogP contribution in [-0.2, 0) is 14.3 Å². The van der Waals surface area contributed by atoms with E-state index in [0.717, 1.165) is 0 Å². The van der Waals surface area contributed by atoms with Crippen molar-refractivity contribution in [2.45, 2.75) is 57.7 Å². The molecule has 1 unspecified atom stereocenters. The van der Waals surface area contributed by atoms with E-state index in [1.807, 2.05) is 0 Å². The summed E-state index contributed by atoms with van der Waals surface area (Å²) in [7, 11) is 0. The largest absolute Gasteiger partial charge is 0.480 e. The highest BCUT2D eigenvalue weighted by atomic mass is 16.6. The van der Waals surface area contributed by atoms with E-state index in [1.165, 1.54) is 4.90 Å². The Bertz CT molecular complexity index is 433. The zero-order valence-corrected chi connectivity index (χ0v) is 13.3. The number of carboxylic acid groups (broad SMARTS) is 1. The minimum atomic E-state index is -1.06. The topological polar surface area (TPSA) is 122 Å². The molecule has 1 rings (SSSR count). The van der Waals surface area contributed by atoms with E-state index < -0.39 is 23.7 Å². The van der Waals surface area contributed by atoms with Gasteiger partial charge in [-0.05, 0) is 33.6 Å². The molecule has 8 nitrogen and oxygen atoms in total. The summed E-state index contributed by atoms with van der Waals surface area (Å²) in [6.45, 7) is 5.82. The number of carbonyl (C=O) groups is 3. The third-order valence-corrected chi connectivity index (χ3v) is 3.17. The van der Waals surface area contributed by atoms with Gasteiger partial charge >= 0.3 is 12.1 Å². The Hall–Kier alpha value is -1.83. The van der Waals surface area contributed by atoms with Crippen molar-refractivity contribution >= 4 is 18.0 Å². The number of hydrogen-bond donors (Lipinski definition) is 3. The zero-order valence-electron chi connectivity index (χ0n) is 13.3. The fourth-order valence-electron chi connectivity index (χ4n) is 2.27. The molecule has 1 fully saturated rings. The van der Waals surface area contributed by atoms with Crippen molar-refractivity contribution < 1.29 is 24.2 Å². The number of ether oxygens (including phenoxy) is 1. The van der Waals surface area contributed by atoms with Gasteiger partial charge < -0.3 is 25.8 Å². The molecule has 0 aromatic carbocycles. The first-order chi connectivity index (χ1) is 10.1. The molecule has 1 saturated heterocycles. The van der Waals surface area contributed by atoms with Crippen molar-refractivity contribution in [2.24, 2.45) is 5.73 Å². The normalized spacial score (nSPS) is 19.9. The van der Waals surface area contributed by atoms with Crippen LogP contribution in [0, 0.1) is 0 Å². The Morgan fingerprint density at radius 3 is 2.59 bits per heavy atom. The summed E-state index contributed by atoms with van der Waals surface area (Å²) in [6, 6.07) is -1.21. The van der Waals surface area contributed by atoms with E-state index in [2.05, 4.69) is 5.32 Å². The molecule has 0 spiro atoms. The van der Waals surface area contributed by atoms with Crippen molar-refractivity contribution in [3.05, 3.63) is 0 Å². The van der Waals surface area contributed by atoms with Gasteiger partial charge in [-0.1, -0.05) is 0 Å². The smallest absolute Gasteiger partial charge is 0.407 e. The van der Waals surface area contributed by atoms with E-state index in [0.29, 0.717) is 6.42 Å². The second-order valence-corrected chi connectivity index (χ2v) is 6.44. The van der Waals surface area contributed by atoms with Crippen LogP contribution in [-0.4, -0.2) is 58.8 Å². The second kappa shape index (κ2) is 7.44. The molecule has 0 aliphatic carbocycles. The van der Waals surface area contributed by atoms with E-state index in [9.17, 15) is 19.5 Å². The van der Waals surface area contributed by atoms with Crippen LogP contribution in [0.2, 0.25) is 0 Å². The molecular formula is C14H25N3O5. The first-order valence-corrected chi connectivity index (χ1v) is 7.35. The molecule has 0 aromatic heterocycles. The fraction of sp³-hybridized carbons (Fsp3) is 0.786. The van der Waals surface area contributed by atoms with Gasteiger partial charge in [-0.3, -0.25) is 4.79 Å². The molecule has 2 atom stereocenters. The van der Waals surface area contributed by atoms with Crippen LogP contribution < -0.4 is 11.1 Å². The minimum absolute atomic E-state index is 0.180. The standard InChI is InChI=1S/C14H25N3O5/c1-14(2,3)22-13(21)16-6-4-5-10(12(19)20)17-8-9(15)7-11(17)18/h9-10H,4-8,15H2,1-3H3,(H,16,21)(H,19,20)/t9?,10-/m0/s1. The summed E-state index contributed by atoms with van der Waals surface area (Å²) in [6.07, 6.45) is 0.317. The van der Waals surface area contributed by atoms with Gasteiger partial charge in [0.1, 0.15) is 11.6 Å². The molecule has 1 aliphatic heterocycles. The molecule has 1 heterocycles. The Kier molecular flexibility index (Phi) is 6.16. The lowest BCUT2D eigenvalue weighted by atomic mass is 10.1. The van der Waals surface area contributed by atoms with Gasteiger partial charge in [-0.2, -0.15) is 0 Å². The fourth-order valence-corrected chi connectivity index (χ4v) is 2.27. The van der Waals surface area contributed by atoms with Gasteiger partial charge in [-0.25, -0.2) is 9.59 Å². The van der Waals surface area contributed by atoms with Crippen LogP contribution in [0.1, 0.15) is 40.0 Å². The number of carbonyl (C=O) groups excluding carboxylic acids is 2. The molecule has 0 bridgehead atoms. The Labute approximate surface area is 130 Å². The lowest BCUT2D eigenvalue weighted by molar-refractivity contribution is -0.148. The van der Waals surface area contributed by atoms with Crippen LogP contribution >= 0.6 is 0 Å². The average Bonchev–Trinajstić information content (AvgIpc) is 2.65. The van der Waals surface area contributed by atoms with Gasteiger partial charge in [0, 0.05) is 25.6 Å². The maximum absolute atomic E-state index is 11.7. The van der Waals surface area contributed by atoms with Crippen molar-refractivity contribution in [2.75, 3.05) is 13.1 Å². The van der Waals surface area contributed by atoms with Crippen molar-refractivity contribution in [3.63, 3.8) is 0 Å². The number of likely N-dealkylation sites (tertiary alicyclic amines) is 1. The molecule has 0 aromatic rings. The van der Waals surface area contributed by atoms with E-state index in [4.69, 9.17) is 10.5 Å². The number of rotatable bonds is 6. The Balaban J connectivity index is 2.39. The number of amides is 2. The number of carboxylic acids is 1. The SMILES string of the molecule is CC(C)(C)OC(=O)NCCC[C@@H](C(=O)O)N1CC(N)CC1=O. The first kappa shape index (κ1) is 18.2. The first-order valence-electron chi connectivity index (χ1n) is 7.35. The molecule has 1 aliphatic rings. The predicted octanol–water partition coefficient (Wildman–Crippen LogP) is 0.304. The maximum atomic E-state index is 11.7. The van der Waals surface area contributed by atoms with Crippen LogP contribution in [0.3, 0.4) is 0 Å². The summed E-state index contributed by atoms with van der Waals surface area (Å²) in [5, 5.41) is 11.8. The van der Waals surface area contributed by atoms with E-state index in [-0.39, 0.29) is 37.9 Å². The number of nitrogens with two attached hydrogens (primary N) is 1. The zero-order chi connectivity index (χ0) is 16.9. The molecule has 0 saturated carbocycles. The molecule has 126 valence electrons. The van der Waals surface area contributed by atoms with Crippen molar-refractivity contribution in [1.82, 2.24) is 10.2 Å². The highest BCUT2D eigenvalue weighted by Crippen LogP contribution is 2.16. The summed E-state index contributed by atoms with van der Waals surface area (Å²) in [5.41, 5.74) is 5.10. The predicted molar refractivity (Wildman–Crippen MR) is 79.2 cm³/mol. The van der Waals surface area contributed by atoms with Gasteiger partial charge in [0.05, 0.1) is 0 Å². The number of aliphatic carboxylic acids is 1. The molecule has 8 heteroatoms. The van der Waals surface area contributed by atoms with Gasteiger partial charge in [-0.15, -0.1) is 0 Å². The maximum Gasteiger partial charge on any atom is 0.407 e. The quantitative estimate of drug-likeness (QED) is 0.606. The number of nitrogens with zero attached hydrogens (tertiary/aromatic N) is 1. The number of alkyl carbamates (subject to hydrolysis) is 1. The molecule has 4 N–H and O–H groups in total. The third-order valence-electron chi connectivity index (χ3n) is 3.17. The summed E-state index contributed by atoms with van der Waals surface area (Å²) < 4.78 is 5.08. The third kappa shape index (κ3) is 5.88. The van der Waals surface area contributed by atoms with Gasteiger partial charge in [0.15, 0.2) is 0 Å². The summed E-state index contributed by atoms with van der Waals surface area (Å²) in [4.78, 5) is 35.8. The van der Waals surface area contributed by atoms with Crippen molar-refractivity contribution in [1.29, 1.82) is 0 Å². The van der Waals surface area contributed by atoms with Gasteiger partial charge in [0.25, 0.3) is 0 Å². The second-order valence-electron chi connectivity index (χ2n) is 6.44. The van der Waals surface area contributed by atoms with Crippen LogP contribution in [0.15, 0.2) is 0 Å². The molecule has 22 heavy (non-hydrogen) atoms. The van der Waals surface area contributed by atoms with Crippen LogP contribution in [0.4, 0.5) is 4.79 Å². The van der Waals surface area contributed by atoms with Gasteiger partial charge in [0.2, 0.25) is 5.91 Å². The molecule has 2 amide bonds. The van der Waals surface area contributed by atoms with E-state index in [1.54, 1.807) is 20.8 Å². The van der Waals surface area contributed by atoms with Crippen LogP contribution in [0.5, 0.6) is 0 Å². The van der Waals surface area contributed by atoms with Crippen molar-refractivity contribution in [3.8, 4) is 0 Å². The molecule has 0 radical (unpaired) electrons. The highest BCUT2D eigenvalue weighted by Gasteiger charge is 2.35. The molecular weight excluding hydrogens is 290 g/mol. The lowest BCUT2D eigenvalue weighted by Gasteiger charge is -2.24.